The number of para-hydroxylation sites is 3. The van der Waals surface area contributed by atoms with Crippen molar-refractivity contribution >= 4 is 49.4 Å². The monoisotopic (exact) mass is 627 g/mol. The van der Waals surface area contributed by atoms with E-state index in [2.05, 4.69) is 143 Å². The van der Waals surface area contributed by atoms with Crippen LogP contribution in [0.1, 0.15) is 16.7 Å². The summed E-state index contributed by atoms with van der Waals surface area (Å²) in [5.74, 6) is 0. The van der Waals surface area contributed by atoms with Gasteiger partial charge in [-0.15, -0.1) is 0 Å². The molecule has 10 rings (SSSR count). The van der Waals surface area contributed by atoms with E-state index in [9.17, 15) is 5.26 Å². The van der Waals surface area contributed by atoms with Crippen LogP contribution in [0.15, 0.2) is 156 Å². The van der Waals surface area contributed by atoms with E-state index < -0.39 is 0 Å². The van der Waals surface area contributed by atoms with Crippen LogP contribution in [-0.4, -0.2) is 4.57 Å². The molecule has 230 valence electrons. The summed E-state index contributed by atoms with van der Waals surface area (Å²) in [6, 6.07) is 56.1. The number of nitriles is 1. The molecule has 7 aromatic carbocycles. The van der Waals surface area contributed by atoms with Crippen molar-refractivity contribution in [3.05, 3.63) is 168 Å². The molecule has 0 spiro atoms. The van der Waals surface area contributed by atoms with E-state index in [4.69, 9.17) is 4.42 Å². The first kappa shape index (κ1) is 27.5. The topological polar surface area (TPSA) is 45.1 Å². The molecule has 0 unspecified atom stereocenters. The molecule has 49 heavy (non-hydrogen) atoms. The van der Waals surface area contributed by atoms with Crippen LogP contribution in [0.4, 0.5) is 5.69 Å². The van der Waals surface area contributed by atoms with Gasteiger partial charge in [-0.25, -0.2) is 0 Å². The van der Waals surface area contributed by atoms with Crippen molar-refractivity contribution in [3.8, 4) is 34.0 Å². The van der Waals surface area contributed by atoms with E-state index in [1.165, 1.54) is 39.1 Å². The van der Waals surface area contributed by atoms with Crippen LogP contribution >= 0.6 is 0 Å². The zero-order chi connectivity index (χ0) is 32.5. The van der Waals surface area contributed by atoms with Gasteiger partial charge in [0.2, 0.25) is 0 Å². The van der Waals surface area contributed by atoms with Crippen LogP contribution in [0, 0.1) is 11.3 Å². The first-order valence-corrected chi connectivity index (χ1v) is 16.6. The SMILES string of the molecule is N#Cc1ccc2c(c1)c1ccccc1n2-c1ccc2c(c1)CN(c1ccccc1)Cc1ccc(-c3cccc4oc5ccccc5c34)cc1-2. The van der Waals surface area contributed by atoms with Crippen molar-refractivity contribution in [1.29, 1.82) is 5.26 Å². The van der Waals surface area contributed by atoms with E-state index in [-0.39, 0.29) is 0 Å². The van der Waals surface area contributed by atoms with Crippen molar-refractivity contribution in [2.45, 2.75) is 13.1 Å². The van der Waals surface area contributed by atoms with E-state index in [0.29, 0.717) is 5.56 Å². The molecule has 0 fully saturated rings. The Hall–Kier alpha value is -6.57. The van der Waals surface area contributed by atoms with Crippen LogP contribution in [0.3, 0.4) is 0 Å². The fourth-order valence-corrected chi connectivity index (χ4v) is 7.87. The van der Waals surface area contributed by atoms with Gasteiger partial charge < -0.3 is 13.9 Å². The summed E-state index contributed by atoms with van der Waals surface area (Å²) in [7, 11) is 0. The zero-order valence-corrected chi connectivity index (χ0v) is 26.6. The third-order valence-electron chi connectivity index (χ3n) is 10.1. The molecular formula is C45H29N3O. The Kier molecular flexibility index (Phi) is 6.03. The predicted molar refractivity (Wildman–Crippen MR) is 200 cm³/mol. The maximum atomic E-state index is 9.66. The first-order valence-electron chi connectivity index (χ1n) is 16.6. The maximum Gasteiger partial charge on any atom is 0.136 e. The number of hydrogen-bond donors (Lipinski definition) is 0. The van der Waals surface area contributed by atoms with Gasteiger partial charge in [-0.1, -0.05) is 84.9 Å². The quantitative estimate of drug-likeness (QED) is 0.196. The fraction of sp³-hybridized carbons (Fsp3) is 0.0444. The Morgan fingerprint density at radius 1 is 0.510 bits per heavy atom. The lowest BCUT2D eigenvalue weighted by Gasteiger charge is -2.24. The molecule has 9 aromatic rings. The average Bonchev–Trinajstić information content (AvgIpc) is 3.65. The van der Waals surface area contributed by atoms with Crippen molar-refractivity contribution < 1.29 is 4.42 Å². The van der Waals surface area contributed by atoms with Gasteiger partial charge in [-0.2, -0.15) is 5.26 Å². The lowest BCUT2D eigenvalue weighted by Crippen LogP contribution is -2.20. The Morgan fingerprint density at radius 2 is 1.29 bits per heavy atom. The lowest BCUT2D eigenvalue weighted by molar-refractivity contribution is 0.669. The van der Waals surface area contributed by atoms with Gasteiger partial charge in [0.15, 0.2) is 0 Å². The Labute approximate surface area is 283 Å². The molecular weight excluding hydrogens is 599 g/mol. The van der Waals surface area contributed by atoms with Crippen LogP contribution in [0.25, 0.3) is 71.7 Å². The number of anilines is 1. The summed E-state index contributed by atoms with van der Waals surface area (Å²) in [6.07, 6.45) is 0. The third kappa shape index (κ3) is 4.30. The Morgan fingerprint density at radius 3 is 2.18 bits per heavy atom. The smallest absolute Gasteiger partial charge is 0.136 e. The highest BCUT2D eigenvalue weighted by atomic mass is 16.3. The van der Waals surface area contributed by atoms with Gasteiger partial charge in [-0.05, 0) is 100 Å². The van der Waals surface area contributed by atoms with Crippen LogP contribution in [0.5, 0.6) is 0 Å². The van der Waals surface area contributed by atoms with Gasteiger partial charge in [-0.3, -0.25) is 0 Å². The van der Waals surface area contributed by atoms with E-state index in [1.54, 1.807) is 0 Å². The summed E-state index contributed by atoms with van der Waals surface area (Å²) >= 11 is 0. The standard InChI is InChI=1S/C45H29N3O/c46-26-29-17-22-42-40(23-29)37-11-4-6-14-41(37)48(42)34-20-21-35-32(24-34)28-47(33-9-2-1-3-10-33)27-31-19-18-30(25-39(31)35)36-13-8-16-44-45(36)38-12-5-7-15-43(38)49-44/h1-25H,27-28H2. The highest BCUT2D eigenvalue weighted by Gasteiger charge is 2.23. The fourth-order valence-electron chi connectivity index (χ4n) is 7.87. The van der Waals surface area contributed by atoms with Gasteiger partial charge in [0.25, 0.3) is 0 Å². The molecule has 0 radical (unpaired) electrons. The second-order valence-corrected chi connectivity index (χ2v) is 12.9. The van der Waals surface area contributed by atoms with Gasteiger partial charge >= 0.3 is 0 Å². The molecule has 0 saturated heterocycles. The highest BCUT2D eigenvalue weighted by Crippen LogP contribution is 2.42. The molecule has 0 aliphatic carbocycles. The van der Waals surface area contributed by atoms with Crippen LogP contribution < -0.4 is 4.90 Å². The molecule has 4 nitrogen and oxygen atoms in total. The molecule has 0 bridgehead atoms. The van der Waals surface area contributed by atoms with Crippen molar-refractivity contribution in [2.75, 3.05) is 4.90 Å². The number of nitrogens with zero attached hydrogens (tertiary/aromatic N) is 3. The molecule has 0 N–H and O–H groups in total. The predicted octanol–water partition coefficient (Wildman–Crippen LogP) is 11.4. The Bertz CT molecular complexity index is 2800. The highest BCUT2D eigenvalue weighted by molar-refractivity contribution is 6.13. The molecule has 3 heterocycles. The molecule has 1 aliphatic heterocycles. The van der Waals surface area contributed by atoms with Crippen molar-refractivity contribution in [1.82, 2.24) is 4.57 Å². The second kappa shape index (κ2) is 10.7. The number of fused-ring (bicyclic) bond motifs is 9. The summed E-state index contributed by atoms with van der Waals surface area (Å²) < 4.78 is 8.60. The molecule has 2 aromatic heterocycles. The van der Waals surface area contributed by atoms with Crippen LogP contribution in [-0.2, 0) is 13.1 Å². The third-order valence-corrected chi connectivity index (χ3v) is 10.1. The summed E-state index contributed by atoms with van der Waals surface area (Å²) in [4.78, 5) is 2.48. The lowest BCUT2D eigenvalue weighted by atomic mass is 9.91. The van der Waals surface area contributed by atoms with Crippen LogP contribution in [0.2, 0.25) is 0 Å². The zero-order valence-electron chi connectivity index (χ0n) is 26.6. The van der Waals surface area contributed by atoms with E-state index >= 15 is 0 Å². The molecule has 0 saturated carbocycles. The second-order valence-electron chi connectivity index (χ2n) is 12.9. The molecule has 4 heteroatoms. The minimum absolute atomic E-state index is 0.669. The van der Waals surface area contributed by atoms with E-state index in [0.717, 1.165) is 62.5 Å². The summed E-state index contributed by atoms with van der Waals surface area (Å²) in [5.41, 5.74) is 14.4. The van der Waals surface area contributed by atoms with Gasteiger partial charge in [0, 0.05) is 46.0 Å². The van der Waals surface area contributed by atoms with E-state index in [1.807, 2.05) is 24.3 Å². The minimum Gasteiger partial charge on any atom is -0.456 e. The summed E-state index contributed by atoms with van der Waals surface area (Å²) in [5, 5.41) is 14.2. The number of benzene rings is 7. The molecule has 1 aliphatic rings. The number of hydrogen-bond acceptors (Lipinski definition) is 3. The summed E-state index contributed by atoms with van der Waals surface area (Å²) in [6.45, 7) is 1.57. The Balaban J connectivity index is 1.19. The van der Waals surface area contributed by atoms with Gasteiger partial charge in [0.1, 0.15) is 11.2 Å². The number of furan rings is 1. The first-order chi connectivity index (χ1) is 24.2. The number of rotatable bonds is 3. The largest absolute Gasteiger partial charge is 0.456 e. The normalized spacial score (nSPS) is 12.7. The maximum absolute atomic E-state index is 9.66. The minimum atomic E-state index is 0.669. The average molecular weight is 628 g/mol. The van der Waals surface area contributed by atoms with Gasteiger partial charge in [0.05, 0.1) is 22.7 Å². The van der Waals surface area contributed by atoms with Crippen molar-refractivity contribution in [2.24, 2.45) is 0 Å². The van der Waals surface area contributed by atoms with Crippen molar-refractivity contribution in [3.63, 3.8) is 0 Å². The number of aromatic nitrogens is 1. The molecule has 0 amide bonds. The molecule has 0 atom stereocenters.